The summed E-state index contributed by atoms with van der Waals surface area (Å²) in [4.78, 5) is 16.1. The molecule has 1 heterocycles. The van der Waals surface area contributed by atoms with Gasteiger partial charge in [-0.05, 0) is 52.7 Å². The molecule has 4 nitrogen and oxygen atoms in total. The highest BCUT2D eigenvalue weighted by molar-refractivity contribution is 5.78. The fourth-order valence-corrected chi connectivity index (χ4v) is 2.34. The number of likely N-dealkylation sites (tertiary alicyclic amines) is 1. The van der Waals surface area contributed by atoms with Crippen molar-refractivity contribution in [2.75, 3.05) is 40.3 Å². The zero-order valence-corrected chi connectivity index (χ0v) is 11.7. The molecule has 0 radical (unpaired) electrons. The van der Waals surface area contributed by atoms with Gasteiger partial charge in [0.1, 0.15) is 0 Å². The quantitative estimate of drug-likeness (QED) is 0.773. The van der Waals surface area contributed by atoms with Crippen LogP contribution in [-0.4, -0.2) is 62.0 Å². The maximum absolute atomic E-state index is 12.0. The molecule has 0 aromatic carbocycles. The van der Waals surface area contributed by atoms with E-state index in [0.717, 1.165) is 19.6 Å². The Morgan fingerprint density at radius 2 is 2.24 bits per heavy atom. The minimum absolute atomic E-state index is 0.241. The highest BCUT2D eigenvalue weighted by atomic mass is 16.2. The van der Waals surface area contributed by atoms with Crippen LogP contribution in [0.1, 0.15) is 26.7 Å². The van der Waals surface area contributed by atoms with E-state index in [2.05, 4.69) is 24.1 Å². The average Bonchev–Trinajstić information content (AvgIpc) is 2.28. The van der Waals surface area contributed by atoms with Crippen LogP contribution in [0.2, 0.25) is 0 Å². The lowest BCUT2D eigenvalue weighted by molar-refractivity contribution is -0.133. The van der Waals surface area contributed by atoms with Gasteiger partial charge in [-0.1, -0.05) is 0 Å². The number of carbonyl (C=O) groups excluding carboxylic acids is 1. The molecule has 0 aromatic rings. The number of nitrogens with zero attached hydrogens (tertiary/aromatic N) is 2. The monoisotopic (exact) mass is 241 g/mol. The zero-order valence-electron chi connectivity index (χ0n) is 11.7. The molecule has 1 aliphatic rings. The van der Waals surface area contributed by atoms with Gasteiger partial charge in [-0.25, -0.2) is 0 Å². The Morgan fingerprint density at radius 3 is 2.82 bits per heavy atom. The number of carbonyl (C=O) groups is 1. The predicted octanol–water partition coefficient (Wildman–Crippen LogP) is 0.785. The predicted molar refractivity (Wildman–Crippen MR) is 71.0 cm³/mol. The Hall–Kier alpha value is -0.610. The molecule has 0 aromatic heterocycles. The van der Waals surface area contributed by atoms with Gasteiger partial charge in [0, 0.05) is 19.6 Å². The number of nitrogens with one attached hydrogen (secondary N) is 1. The summed E-state index contributed by atoms with van der Waals surface area (Å²) in [5.41, 5.74) is 0. The Bertz CT molecular complexity index is 241. The van der Waals surface area contributed by atoms with Crippen LogP contribution in [0.5, 0.6) is 0 Å². The second-order valence-corrected chi connectivity index (χ2v) is 5.40. The fraction of sp³-hybridized carbons (Fsp3) is 0.923. The SMILES string of the molecule is CNCC1CCCN(CC(=O)N(C)C(C)C)C1. The molecule has 1 rings (SSSR count). The Kier molecular flexibility index (Phi) is 5.92. The van der Waals surface area contributed by atoms with E-state index in [0.29, 0.717) is 18.5 Å². The van der Waals surface area contributed by atoms with Gasteiger partial charge < -0.3 is 10.2 Å². The fourth-order valence-electron chi connectivity index (χ4n) is 2.34. The lowest BCUT2D eigenvalue weighted by atomic mass is 9.98. The van der Waals surface area contributed by atoms with Crippen molar-refractivity contribution in [3.05, 3.63) is 0 Å². The molecule has 4 heteroatoms. The summed E-state index contributed by atoms with van der Waals surface area (Å²) in [6, 6.07) is 0.292. The van der Waals surface area contributed by atoms with Crippen LogP contribution in [-0.2, 0) is 4.79 Å². The smallest absolute Gasteiger partial charge is 0.236 e. The summed E-state index contributed by atoms with van der Waals surface area (Å²) in [5, 5.41) is 3.23. The number of hydrogen-bond donors (Lipinski definition) is 1. The normalized spacial score (nSPS) is 21.8. The van der Waals surface area contributed by atoms with Crippen LogP contribution in [0.3, 0.4) is 0 Å². The van der Waals surface area contributed by atoms with E-state index in [1.54, 1.807) is 0 Å². The molecule has 1 aliphatic heterocycles. The maximum Gasteiger partial charge on any atom is 0.236 e. The molecule has 1 atom stereocenters. The van der Waals surface area contributed by atoms with Gasteiger partial charge in [0.25, 0.3) is 0 Å². The summed E-state index contributed by atoms with van der Waals surface area (Å²) in [5.74, 6) is 0.941. The first-order chi connectivity index (χ1) is 8.04. The highest BCUT2D eigenvalue weighted by Gasteiger charge is 2.22. The largest absolute Gasteiger partial charge is 0.342 e. The molecule has 0 bridgehead atoms. The molecule has 1 saturated heterocycles. The van der Waals surface area contributed by atoms with E-state index < -0.39 is 0 Å². The Balaban J connectivity index is 2.38. The summed E-state index contributed by atoms with van der Waals surface area (Å²) >= 11 is 0. The van der Waals surface area contributed by atoms with E-state index >= 15 is 0 Å². The van der Waals surface area contributed by atoms with Crippen molar-refractivity contribution in [2.45, 2.75) is 32.7 Å². The zero-order chi connectivity index (χ0) is 12.8. The third-order valence-corrected chi connectivity index (χ3v) is 3.62. The summed E-state index contributed by atoms with van der Waals surface area (Å²) in [6.07, 6.45) is 2.50. The molecule has 1 N–H and O–H groups in total. The summed E-state index contributed by atoms with van der Waals surface area (Å²) in [6.45, 7) is 7.87. The third kappa shape index (κ3) is 4.64. The Morgan fingerprint density at radius 1 is 1.53 bits per heavy atom. The summed E-state index contributed by atoms with van der Waals surface area (Å²) in [7, 11) is 3.89. The molecule has 0 saturated carbocycles. The molecule has 0 spiro atoms. The van der Waals surface area contributed by atoms with E-state index in [1.807, 2.05) is 19.0 Å². The van der Waals surface area contributed by atoms with Crippen molar-refractivity contribution < 1.29 is 4.79 Å². The van der Waals surface area contributed by atoms with Gasteiger partial charge in [-0.3, -0.25) is 9.69 Å². The average molecular weight is 241 g/mol. The first-order valence-corrected chi connectivity index (χ1v) is 6.67. The van der Waals surface area contributed by atoms with Crippen molar-refractivity contribution in [2.24, 2.45) is 5.92 Å². The van der Waals surface area contributed by atoms with Crippen molar-refractivity contribution >= 4 is 5.91 Å². The van der Waals surface area contributed by atoms with Crippen LogP contribution in [0.4, 0.5) is 0 Å². The van der Waals surface area contributed by atoms with Gasteiger partial charge in [0.2, 0.25) is 5.91 Å². The molecule has 1 unspecified atom stereocenters. The molecule has 0 aliphatic carbocycles. The van der Waals surface area contributed by atoms with Gasteiger partial charge in [0.15, 0.2) is 0 Å². The van der Waals surface area contributed by atoms with Crippen LogP contribution in [0.25, 0.3) is 0 Å². The van der Waals surface area contributed by atoms with Crippen LogP contribution >= 0.6 is 0 Å². The minimum Gasteiger partial charge on any atom is -0.342 e. The lowest BCUT2D eigenvalue weighted by Gasteiger charge is -2.33. The maximum atomic E-state index is 12.0. The number of amides is 1. The van der Waals surface area contributed by atoms with Gasteiger partial charge >= 0.3 is 0 Å². The second kappa shape index (κ2) is 6.97. The van der Waals surface area contributed by atoms with Crippen molar-refractivity contribution in [1.29, 1.82) is 0 Å². The van der Waals surface area contributed by atoms with Crippen molar-refractivity contribution in [1.82, 2.24) is 15.1 Å². The minimum atomic E-state index is 0.241. The molecular weight excluding hydrogens is 214 g/mol. The number of piperidine rings is 1. The van der Waals surface area contributed by atoms with Crippen molar-refractivity contribution in [3.63, 3.8) is 0 Å². The van der Waals surface area contributed by atoms with E-state index in [1.165, 1.54) is 12.8 Å². The molecule has 1 fully saturated rings. The number of rotatable bonds is 5. The highest BCUT2D eigenvalue weighted by Crippen LogP contribution is 2.15. The van der Waals surface area contributed by atoms with Gasteiger partial charge in [-0.15, -0.1) is 0 Å². The molecule has 17 heavy (non-hydrogen) atoms. The van der Waals surface area contributed by atoms with Crippen molar-refractivity contribution in [3.8, 4) is 0 Å². The topological polar surface area (TPSA) is 35.6 Å². The van der Waals surface area contributed by atoms with Crippen LogP contribution < -0.4 is 5.32 Å². The summed E-state index contributed by atoms with van der Waals surface area (Å²) < 4.78 is 0. The molecule has 1 amide bonds. The second-order valence-electron chi connectivity index (χ2n) is 5.40. The van der Waals surface area contributed by atoms with Crippen LogP contribution in [0.15, 0.2) is 0 Å². The Labute approximate surface area is 105 Å². The van der Waals surface area contributed by atoms with Crippen LogP contribution in [0, 0.1) is 5.92 Å². The third-order valence-electron chi connectivity index (χ3n) is 3.62. The van der Waals surface area contributed by atoms with E-state index in [-0.39, 0.29) is 5.91 Å². The first-order valence-electron chi connectivity index (χ1n) is 6.67. The molecule has 100 valence electrons. The van der Waals surface area contributed by atoms with E-state index in [9.17, 15) is 4.79 Å². The molecular formula is C13H27N3O. The lowest BCUT2D eigenvalue weighted by Crippen LogP contribution is -2.46. The first kappa shape index (κ1) is 14.5. The van der Waals surface area contributed by atoms with Gasteiger partial charge in [-0.2, -0.15) is 0 Å². The number of hydrogen-bond acceptors (Lipinski definition) is 3. The standard InChI is InChI=1S/C13H27N3O/c1-11(2)15(4)13(17)10-16-7-5-6-12(9-16)8-14-3/h11-12,14H,5-10H2,1-4H3. The number of likely N-dealkylation sites (N-methyl/N-ethyl adjacent to an activating group) is 1. The van der Waals surface area contributed by atoms with E-state index in [4.69, 9.17) is 0 Å². The van der Waals surface area contributed by atoms with Gasteiger partial charge in [0.05, 0.1) is 6.54 Å².